The van der Waals surface area contributed by atoms with Crippen LogP contribution in [0.5, 0.6) is 0 Å². The second-order valence-electron chi connectivity index (χ2n) is 7.63. The summed E-state index contributed by atoms with van der Waals surface area (Å²) in [5.74, 6) is -5.17. The van der Waals surface area contributed by atoms with E-state index >= 15 is 0 Å². The van der Waals surface area contributed by atoms with Crippen molar-refractivity contribution >= 4 is 0 Å². The number of alkyl halides is 5. The van der Waals surface area contributed by atoms with Gasteiger partial charge >= 0.3 is 18.4 Å². The first-order valence-electron chi connectivity index (χ1n) is 9.62. The maximum absolute atomic E-state index is 14.2. The van der Waals surface area contributed by atoms with Gasteiger partial charge in [-0.3, -0.25) is 0 Å². The average molecular weight is 466 g/mol. The second kappa shape index (κ2) is 7.68. The Balaban J connectivity index is 1.59. The Bertz CT molecular complexity index is 973. The van der Waals surface area contributed by atoms with E-state index in [0.717, 1.165) is 12.8 Å². The van der Waals surface area contributed by atoms with E-state index in [1.165, 1.54) is 24.3 Å². The van der Waals surface area contributed by atoms with Gasteiger partial charge in [-0.15, -0.1) is 13.2 Å². The molecule has 0 atom stereocenters. The molecular formula is C21H17F7O4. The predicted octanol–water partition coefficient (Wildman–Crippen LogP) is 5.94. The van der Waals surface area contributed by atoms with Crippen LogP contribution in [-0.2, 0) is 31.0 Å². The van der Waals surface area contributed by atoms with Crippen molar-refractivity contribution in [1.29, 1.82) is 0 Å². The van der Waals surface area contributed by atoms with Crippen LogP contribution in [-0.4, -0.2) is 25.2 Å². The van der Waals surface area contributed by atoms with Crippen molar-refractivity contribution in [3.63, 3.8) is 0 Å². The molecule has 0 unspecified atom stereocenters. The maximum atomic E-state index is 14.2. The average Bonchev–Trinajstić information content (AvgIpc) is 3.23. The summed E-state index contributed by atoms with van der Waals surface area (Å²) in [6, 6.07) is 6.90. The number of rotatable bonds is 6. The van der Waals surface area contributed by atoms with Crippen LogP contribution < -0.4 is 0 Å². The highest BCUT2D eigenvalue weighted by molar-refractivity contribution is 5.64. The van der Waals surface area contributed by atoms with Crippen molar-refractivity contribution in [2.24, 2.45) is 0 Å². The van der Waals surface area contributed by atoms with Crippen molar-refractivity contribution in [3.8, 4) is 11.1 Å². The highest BCUT2D eigenvalue weighted by Gasteiger charge is 2.59. The van der Waals surface area contributed by atoms with Gasteiger partial charge in [0, 0.05) is 5.56 Å². The number of fused-ring (bicyclic) bond motifs is 2. The van der Waals surface area contributed by atoms with Crippen LogP contribution in [0.4, 0.5) is 30.7 Å². The number of halogens is 7. The molecule has 2 aromatic rings. The molecule has 0 aromatic heterocycles. The normalized spacial score (nSPS) is 25.5. The molecule has 0 N–H and O–H groups in total. The lowest BCUT2D eigenvalue weighted by atomic mass is 10.0. The molecule has 2 heterocycles. The molecule has 0 saturated carbocycles. The van der Waals surface area contributed by atoms with Gasteiger partial charge in [0.25, 0.3) is 0 Å². The fourth-order valence-electron chi connectivity index (χ4n) is 3.90. The Morgan fingerprint density at radius 3 is 1.97 bits per heavy atom. The molecule has 2 aliphatic heterocycles. The molecule has 174 valence electrons. The van der Waals surface area contributed by atoms with E-state index in [-0.39, 0.29) is 11.1 Å². The van der Waals surface area contributed by atoms with E-state index in [1.54, 1.807) is 0 Å². The number of ether oxygens (including phenoxy) is 4. The summed E-state index contributed by atoms with van der Waals surface area (Å²) < 4.78 is 112. The highest BCUT2D eigenvalue weighted by Crippen LogP contribution is 2.49. The summed E-state index contributed by atoms with van der Waals surface area (Å²) in [4.78, 5) is 0. The summed E-state index contributed by atoms with van der Waals surface area (Å²) in [6.07, 6.45) is -9.43. The molecule has 0 aliphatic carbocycles. The Morgan fingerprint density at radius 2 is 1.47 bits per heavy atom. The van der Waals surface area contributed by atoms with Crippen molar-refractivity contribution < 1.29 is 49.7 Å². The van der Waals surface area contributed by atoms with Gasteiger partial charge in [0.05, 0.1) is 13.2 Å². The first kappa shape index (κ1) is 23.0. The molecule has 2 aliphatic rings. The summed E-state index contributed by atoms with van der Waals surface area (Å²) in [5.41, 5.74) is -2.14. The minimum Gasteiger partial charge on any atom is -0.320 e. The van der Waals surface area contributed by atoms with E-state index in [2.05, 4.69) is 4.74 Å². The van der Waals surface area contributed by atoms with Gasteiger partial charge < -0.3 is 14.2 Å². The lowest BCUT2D eigenvalue weighted by molar-refractivity contribution is -0.432. The zero-order valence-electron chi connectivity index (χ0n) is 16.6. The lowest BCUT2D eigenvalue weighted by Gasteiger charge is -2.24. The van der Waals surface area contributed by atoms with Gasteiger partial charge in [0.1, 0.15) is 22.8 Å². The monoisotopic (exact) mass is 466 g/mol. The molecule has 2 saturated heterocycles. The Labute approximate surface area is 177 Å². The Morgan fingerprint density at radius 1 is 0.906 bits per heavy atom. The zero-order chi connectivity index (χ0) is 23.4. The van der Waals surface area contributed by atoms with Crippen molar-refractivity contribution in [2.45, 2.75) is 43.8 Å². The van der Waals surface area contributed by atoms with Crippen LogP contribution in [0.25, 0.3) is 11.1 Å². The quantitative estimate of drug-likeness (QED) is 0.494. The van der Waals surface area contributed by atoms with Gasteiger partial charge in [-0.2, -0.15) is 8.78 Å². The second-order valence-corrected chi connectivity index (χ2v) is 7.63. The minimum absolute atomic E-state index is 0.170. The molecule has 0 spiro atoms. The summed E-state index contributed by atoms with van der Waals surface area (Å²) in [7, 11) is 0. The van der Waals surface area contributed by atoms with Gasteiger partial charge in [0.2, 0.25) is 0 Å². The first-order valence-corrected chi connectivity index (χ1v) is 9.62. The number of hydrogen-bond acceptors (Lipinski definition) is 4. The van der Waals surface area contributed by atoms with Crippen molar-refractivity contribution in [3.05, 3.63) is 59.2 Å². The third-order valence-corrected chi connectivity index (χ3v) is 5.26. The zero-order valence-corrected chi connectivity index (χ0v) is 16.6. The molecule has 32 heavy (non-hydrogen) atoms. The van der Waals surface area contributed by atoms with Crippen molar-refractivity contribution in [2.75, 3.05) is 13.2 Å². The molecule has 4 nitrogen and oxygen atoms in total. The molecule has 0 amide bonds. The third kappa shape index (κ3) is 4.09. The first-order chi connectivity index (χ1) is 14.9. The van der Waals surface area contributed by atoms with E-state index < -0.39 is 41.2 Å². The molecule has 11 heteroatoms. The van der Waals surface area contributed by atoms with E-state index in [4.69, 9.17) is 14.2 Å². The highest BCUT2D eigenvalue weighted by atomic mass is 19.4. The van der Waals surface area contributed by atoms with Crippen LogP contribution in [0.3, 0.4) is 0 Å². The van der Waals surface area contributed by atoms with Crippen LogP contribution in [0, 0.1) is 11.6 Å². The molecule has 4 rings (SSSR count). The smallest absolute Gasteiger partial charge is 0.320 e. The fraction of sp³-hybridized carbons (Fsp3) is 0.429. The molecule has 2 aromatic carbocycles. The fourth-order valence-corrected chi connectivity index (χ4v) is 3.90. The third-order valence-electron chi connectivity index (χ3n) is 5.26. The summed E-state index contributed by atoms with van der Waals surface area (Å²) >= 11 is 0. The number of benzene rings is 2. The topological polar surface area (TPSA) is 36.9 Å². The number of hydrogen-bond donors (Lipinski definition) is 0. The molecular weight excluding hydrogens is 449 g/mol. The van der Waals surface area contributed by atoms with Crippen LogP contribution in [0.1, 0.15) is 30.9 Å². The molecule has 2 fully saturated rings. The predicted molar refractivity (Wildman–Crippen MR) is 95.1 cm³/mol. The van der Waals surface area contributed by atoms with Crippen LogP contribution >= 0.6 is 0 Å². The standard InChI is InChI=1S/C21H17F7O4/c1-2-7-18-10-29-20(31-18,30-11-18)14-5-3-12(4-6-14)13-8-15(22)17(16(23)9-13)19(24,25)32-21(26,27)28/h3-6,8-9H,2,7,10-11H2,1H3. The van der Waals surface area contributed by atoms with Crippen molar-refractivity contribution in [1.82, 2.24) is 0 Å². The van der Waals surface area contributed by atoms with Gasteiger partial charge in [-0.1, -0.05) is 37.6 Å². The summed E-state index contributed by atoms with van der Waals surface area (Å²) in [5, 5.41) is 0. The maximum Gasteiger partial charge on any atom is 0.527 e. The molecule has 0 radical (unpaired) electrons. The van der Waals surface area contributed by atoms with E-state index in [1.807, 2.05) is 6.92 Å². The Kier molecular flexibility index (Phi) is 5.51. The Hall–Kier alpha value is -2.21. The van der Waals surface area contributed by atoms with Gasteiger partial charge in [0.15, 0.2) is 0 Å². The minimum atomic E-state index is -5.79. The van der Waals surface area contributed by atoms with Gasteiger partial charge in [-0.05, 0) is 29.7 Å². The summed E-state index contributed by atoms with van der Waals surface area (Å²) in [6.45, 7) is 2.68. The van der Waals surface area contributed by atoms with E-state index in [0.29, 0.717) is 30.9 Å². The SMILES string of the molecule is CCCC12COC(c3ccc(-c4cc(F)c(C(F)(F)OC(F)(F)F)c(F)c4)cc3)(OC1)O2. The van der Waals surface area contributed by atoms with Crippen LogP contribution in [0.15, 0.2) is 36.4 Å². The van der Waals surface area contributed by atoms with Gasteiger partial charge in [-0.25, -0.2) is 13.5 Å². The molecule has 2 bridgehead atoms. The van der Waals surface area contributed by atoms with E-state index in [9.17, 15) is 30.7 Å². The van der Waals surface area contributed by atoms with Crippen LogP contribution in [0.2, 0.25) is 0 Å². The largest absolute Gasteiger partial charge is 0.527 e. The lowest BCUT2D eigenvalue weighted by Crippen LogP contribution is -2.35.